The van der Waals surface area contributed by atoms with Gasteiger partial charge in [-0.3, -0.25) is 10.1 Å². The van der Waals surface area contributed by atoms with Crippen molar-refractivity contribution in [2.45, 2.75) is 13.0 Å². The number of nitrogens with two attached hydrogens (primary N) is 1. The van der Waals surface area contributed by atoms with Gasteiger partial charge in [-0.1, -0.05) is 24.3 Å². The molecule has 29 heavy (non-hydrogen) atoms. The van der Waals surface area contributed by atoms with Crippen molar-refractivity contribution < 1.29 is 19.1 Å². The van der Waals surface area contributed by atoms with Gasteiger partial charge in [0.25, 0.3) is 5.91 Å². The van der Waals surface area contributed by atoms with Crippen LogP contribution in [0.15, 0.2) is 60.1 Å². The Morgan fingerprint density at radius 2 is 1.97 bits per heavy atom. The molecule has 2 heterocycles. The first-order chi connectivity index (χ1) is 13.9. The lowest BCUT2D eigenvalue weighted by atomic mass is 10.2. The molecule has 0 fully saturated rings. The maximum absolute atomic E-state index is 12.1. The average Bonchev–Trinajstić information content (AvgIpc) is 3.36. The molecule has 0 aliphatic rings. The Morgan fingerprint density at radius 3 is 2.62 bits per heavy atom. The summed E-state index contributed by atoms with van der Waals surface area (Å²) in [6, 6.07) is 12.4. The largest absolute Gasteiger partial charge is 0.449 e. The topological polar surface area (TPSA) is 116 Å². The number of nitrogens with zero attached hydrogens (tertiary/aromatic N) is 2. The lowest BCUT2D eigenvalue weighted by Crippen LogP contribution is -2.42. The van der Waals surface area contributed by atoms with Crippen molar-refractivity contribution in [2.24, 2.45) is 5.73 Å². The fourth-order valence-electron chi connectivity index (χ4n) is 2.47. The molecule has 148 valence electrons. The zero-order valence-electron chi connectivity index (χ0n) is 15.4. The molecule has 8 nitrogen and oxygen atoms in total. The van der Waals surface area contributed by atoms with Gasteiger partial charge in [-0.2, -0.15) is 5.10 Å². The number of amides is 3. The van der Waals surface area contributed by atoms with E-state index in [2.05, 4.69) is 5.10 Å². The van der Waals surface area contributed by atoms with Crippen molar-refractivity contribution in [3.63, 3.8) is 0 Å². The molecule has 0 aliphatic heterocycles. The van der Waals surface area contributed by atoms with Crippen molar-refractivity contribution in [2.75, 3.05) is 0 Å². The van der Waals surface area contributed by atoms with Crippen LogP contribution in [0, 0.1) is 0 Å². The second-order valence-electron chi connectivity index (χ2n) is 5.96. The third-order valence-corrected chi connectivity index (χ3v) is 4.70. The van der Waals surface area contributed by atoms with Gasteiger partial charge in [-0.25, -0.2) is 14.3 Å². The molecule has 1 aromatic carbocycles. The van der Waals surface area contributed by atoms with Crippen molar-refractivity contribution in [1.29, 1.82) is 0 Å². The Bertz CT molecular complexity index is 1040. The minimum Gasteiger partial charge on any atom is -0.449 e. The minimum absolute atomic E-state index is 0.711. The van der Waals surface area contributed by atoms with E-state index in [1.807, 2.05) is 53.2 Å². The summed E-state index contributed by atoms with van der Waals surface area (Å²) in [5.41, 5.74) is 7.18. The van der Waals surface area contributed by atoms with Crippen LogP contribution in [0.5, 0.6) is 0 Å². The fraction of sp³-hybridized carbons (Fsp3) is 0.100. The number of benzene rings is 1. The molecule has 0 radical (unpaired) electrons. The number of urea groups is 1. The number of aromatic nitrogens is 2. The molecule has 0 spiro atoms. The predicted molar refractivity (Wildman–Crippen MR) is 109 cm³/mol. The SMILES string of the molecule is C[C@@H](OC(=O)/C=C/c1cn(-c2ccccc2)nc1-c1cccs1)C(=O)NC(N)=O. The predicted octanol–water partition coefficient (Wildman–Crippen LogP) is 2.74. The van der Waals surface area contributed by atoms with E-state index in [1.165, 1.54) is 24.3 Å². The number of imide groups is 1. The molecule has 0 unspecified atom stereocenters. The van der Waals surface area contributed by atoms with Gasteiger partial charge in [0, 0.05) is 17.8 Å². The minimum atomic E-state index is -1.16. The summed E-state index contributed by atoms with van der Waals surface area (Å²) in [6.45, 7) is 1.34. The lowest BCUT2D eigenvalue weighted by molar-refractivity contribution is -0.149. The van der Waals surface area contributed by atoms with E-state index in [-0.39, 0.29) is 0 Å². The Hall–Kier alpha value is -3.72. The van der Waals surface area contributed by atoms with E-state index in [9.17, 15) is 14.4 Å². The zero-order valence-corrected chi connectivity index (χ0v) is 16.3. The van der Waals surface area contributed by atoms with Crippen LogP contribution in [0.4, 0.5) is 4.79 Å². The number of hydrogen-bond acceptors (Lipinski definition) is 6. The lowest BCUT2D eigenvalue weighted by Gasteiger charge is -2.09. The van der Waals surface area contributed by atoms with Crippen molar-refractivity contribution >= 4 is 35.3 Å². The molecule has 0 aliphatic carbocycles. The zero-order chi connectivity index (χ0) is 20.8. The van der Waals surface area contributed by atoms with Crippen LogP contribution in [0.2, 0.25) is 0 Å². The summed E-state index contributed by atoms with van der Waals surface area (Å²) >= 11 is 1.53. The normalized spacial score (nSPS) is 11.9. The van der Waals surface area contributed by atoms with Crippen LogP contribution < -0.4 is 11.1 Å². The molecular formula is C20H18N4O4S. The maximum atomic E-state index is 12.1. The number of para-hydroxylation sites is 1. The Morgan fingerprint density at radius 1 is 1.21 bits per heavy atom. The molecule has 3 amide bonds. The van der Waals surface area contributed by atoms with Crippen LogP contribution in [-0.4, -0.2) is 33.8 Å². The number of ether oxygens (including phenoxy) is 1. The average molecular weight is 410 g/mol. The Labute approximate surface area is 170 Å². The van der Waals surface area contributed by atoms with Gasteiger partial charge in [0.15, 0.2) is 6.10 Å². The summed E-state index contributed by atoms with van der Waals surface area (Å²) in [5, 5.41) is 8.43. The molecule has 3 aromatic rings. The van der Waals surface area contributed by atoms with E-state index in [4.69, 9.17) is 10.5 Å². The summed E-state index contributed by atoms with van der Waals surface area (Å²) in [4.78, 5) is 35.3. The number of carbonyl (C=O) groups is 3. The van der Waals surface area contributed by atoms with Crippen molar-refractivity contribution in [3.8, 4) is 16.3 Å². The smallest absolute Gasteiger partial charge is 0.331 e. The highest BCUT2D eigenvalue weighted by Crippen LogP contribution is 2.28. The highest BCUT2D eigenvalue weighted by molar-refractivity contribution is 7.13. The van der Waals surface area contributed by atoms with Crippen molar-refractivity contribution in [1.82, 2.24) is 15.1 Å². The first kappa shape index (κ1) is 20.0. The van der Waals surface area contributed by atoms with E-state index >= 15 is 0 Å². The molecule has 0 saturated heterocycles. The Kier molecular flexibility index (Phi) is 6.20. The molecule has 0 saturated carbocycles. The van der Waals surface area contributed by atoms with E-state index in [1.54, 1.807) is 17.0 Å². The number of rotatable bonds is 6. The fourth-order valence-corrected chi connectivity index (χ4v) is 3.21. The van der Waals surface area contributed by atoms with Crippen LogP contribution >= 0.6 is 11.3 Å². The third kappa shape index (κ3) is 5.17. The van der Waals surface area contributed by atoms with Gasteiger partial charge in [0.1, 0.15) is 5.69 Å². The number of carbonyl (C=O) groups excluding carboxylic acids is 3. The summed E-state index contributed by atoms with van der Waals surface area (Å²) in [7, 11) is 0. The van der Waals surface area contributed by atoms with Gasteiger partial charge >= 0.3 is 12.0 Å². The highest BCUT2D eigenvalue weighted by atomic mass is 32.1. The van der Waals surface area contributed by atoms with Crippen LogP contribution in [-0.2, 0) is 14.3 Å². The standard InChI is InChI=1S/C20H18N4O4S/c1-13(19(26)22-20(21)27)28-17(25)10-9-14-12-24(15-6-3-2-4-7-15)23-18(14)16-8-5-11-29-16/h2-13H,1H3,(H3,21,22,26,27)/b10-9+/t13-/m1/s1. The quantitative estimate of drug-likeness (QED) is 0.479. The molecule has 3 N–H and O–H groups in total. The Balaban J connectivity index is 1.80. The third-order valence-electron chi connectivity index (χ3n) is 3.83. The summed E-state index contributed by atoms with van der Waals surface area (Å²) < 4.78 is 6.71. The molecule has 0 bridgehead atoms. The van der Waals surface area contributed by atoms with Crippen LogP contribution in [0.3, 0.4) is 0 Å². The first-order valence-electron chi connectivity index (χ1n) is 8.62. The number of nitrogens with one attached hydrogen (secondary N) is 1. The van der Waals surface area contributed by atoms with Gasteiger partial charge in [-0.05, 0) is 36.6 Å². The van der Waals surface area contributed by atoms with E-state index < -0.39 is 24.0 Å². The molecule has 2 aromatic heterocycles. The summed E-state index contributed by atoms with van der Waals surface area (Å²) in [6.07, 6.45) is 3.42. The van der Waals surface area contributed by atoms with Gasteiger partial charge < -0.3 is 10.5 Å². The van der Waals surface area contributed by atoms with E-state index in [0.29, 0.717) is 11.3 Å². The van der Waals surface area contributed by atoms with Gasteiger partial charge in [0.05, 0.1) is 10.6 Å². The second-order valence-corrected chi connectivity index (χ2v) is 6.90. The van der Waals surface area contributed by atoms with Crippen LogP contribution in [0.25, 0.3) is 22.3 Å². The second kappa shape index (κ2) is 8.98. The first-order valence-corrected chi connectivity index (χ1v) is 9.50. The molecule has 1 atom stereocenters. The highest BCUT2D eigenvalue weighted by Gasteiger charge is 2.18. The monoisotopic (exact) mass is 410 g/mol. The number of esters is 1. The van der Waals surface area contributed by atoms with Gasteiger partial charge in [0.2, 0.25) is 0 Å². The molecular weight excluding hydrogens is 392 g/mol. The van der Waals surface area contributed by atoms with E-state index in [0.717, 1.165) is 10.6 Å². The van der Waals surface area contributed by atoms with Crippen molar-refractivity contribution in [3.05, 3.63) is 65.7 Å². The molecule has 9 heteroatoms. The number of hydrogen-bond donors (Lipinski definition) is 2. The summed E-state index contributed by atoms with van der Waals surface area (Å²) in [5.74, 6) is -1.53. The van der Waals surface area contributed by atoms with Crippen LogP contribution in [0.1, 0.15) is 12.5 Å². The number of primary amides is 1. The molecule has 3 rings (SSSR count). The van der Waals surface area contributed by atoms with Gasteiger partial charge in [-0.15, -0.1) is 11.3 Å². The maximum Gasteiger partial charge on any atom is 0.331 e. The number of thiophene rings is 1.